The lowest BCUT2D eigenvalue weighted by Gasteiger charge is -2.25. The van der Waals surface area contributed by atoms with E-state index >= 15 is 0 Å². The summed E-state index contributed by atoms with van der Waals surface area (Å²) in [7, 11) is 0. The highest BCUT2D eigenvalue weighted by molar-refractivity contribution is 6.51. The fraction of sp³-hybridized carbons (Fsp3) is 0.185. The lowest BCUT2D eigenvalue weighted by Crippen LogP contribution is -2.29. The maximum absolute atomic E-state index is 13.2. The first-order valence-electron chi connectivity index (χ1n) is 10.9. The second-order valence-corrected chi connectivity index (χ2v) is 7.47. The van der Waals surface area contributed by atoms with Crippen molar-refractivity contribution in [1.82, 2.24) is 0 Å². The van der Waals surface area contributed by atoms with Crippen molar-refractivity contribution in [3.8, 4) is 11.5 Å². The lowest BCUT2D eigenvalue weighted by atomic mass is 9.95. The molecule has 1 heterocycles. The summed E-state index contributed by atoms with van der Waals surface area (Å²) in [6.45, 7) is 4.68. The molecule has 0 aromatic heterocycles. The van der Waals surface area contributed by atoms with Gasteiger partial charge in [-0.15, -0.1) is 0 Å². The minimum atomic E-state index is -0.793. The molecule has 0 spiro atoms. The molecular weight excluding hydrogens is 418 g/mol. The van der Waals surface area contributed by atoms with E-state index in [2.05, 4.69) is 0 Å². The van der Waals surface area contributed by atoms with Gasteiger partial charge in [0.25, 0.3) is 11.7 Å². The first kappa shape index (κ1) is 22.1. The van der Waals surface area contributed by atoms with Gasteiger partial charge in [-0.1, -0.05) is 48.5 Å². The third-order valence-corrected chi connectivity index (χ3v) is 5.39. The molecule has 6 heteroatoms. The van der Waals surface area contributed by atoms with Gasteiger partial charge in [0.2, 0.25) is 0 Å². The number of anilines is 1. The fourth-order valence-electron chi connectivity index (χ4n) is 3.99. The van der Waals surface area contributed by atoms with Gasteiger partial charge in [0.1, 0.15) is 17.3 Å². The highest BCUT2D eigenvalue weighted by Gasteiger charge is 2.47. The van der Waals surface area contributed by atoms with Crippen molar-refractivity contribution in [2.24, 2.45) is 0 Å². The van der Waals surface area contributed by atoms with E-state index in [9.17, 15) is 14.7 Å². The zero-order chi connectivity index (χ0) is 23.4. The van der Waals surface area contributed by atoms with Gasteiger partial charge in [0.15, 0.2) is 0 Å². The number of aliphatic hydroxyl groups is 1. The zero-order valence-electron chi connectivity index (χ0n) is 18.5. The Morgan fingerprint density at radius 2 is 1.48 bits per heavy atom. The number of rotatable bonds is 7. The summed E-state index contributed by atoms with van der Waals surface area (Å²) >= 11 is 0. The van der Waals surface area contributed by atoms with Gasteiger partial charge in [0.05, 0.1) is 24.8 Å². The number of aliphatic hydroxyl groups excluding tert-OH is 1. The number of hydrogen-bond donors (Lipinski definition) is 1. The van der Waals surface area contributed by atoms with E-state index in [1.807, 2.05) is 44.2 Å². The highest BCUT2D eigenvalue weighted by atomic mass is 16.5. The quantitative estimate of drug-likeness (QED) is 0.312. The van der Waals surface area contributed by atoms with Crippen LogP contribution in [0.3, 0.4) is 0 Å². The zero-order valence-corrected chi connectivity index (χ0v) is 18.5. The Balaban J connectivity index is 1.89. The van der Waals surface area contributed by atoms with Crippen molar-refractivity contribution < 1.29 is 24.2 Å². The van der Waals surface area contributed by atoms with Crippen LogP contribution in [-0.2, 0) is 9.59 Å². The second-order valence-electron chi connectivity index (χ2n) is 7.47. The van der Waals surface area contributed by atoms with Crippen LogP contribution in [0, 0.1) is 0 Å². The summed E-state index contributed by atoms with van der Waals surface area (Å²) in [6, 6.07) is 22.3. The summed E-state index contributed by atoms with van der Waals surface area (Å²) < 4.78 is 11.1. The Morgan fingerprint density at radius 1 is 0.848 bits per heavy atom. The van der Waals surface area contributed by atoms with Crippen LogP contribution < -0.4 is 14.4 Å². The van der Waals surface area contributed by atoms with Crippen LogP contribution in [0.2, 0.25) is 0 Å². The smallest absolute Gasteiger partial charge is 0.300 e. The molecule has 0 bridgehead atoms. The number of carbonyl (C=O) groups is 2. The molecule has 6 nitrogen and oxygen atoms in total. The van der Waals surface area contributed by atoms with Gasteiger partial charge in [0, 0.05) is 17.3 Å². The standard InChI is InChI=1S/C27H25NO5/c1-3-32-21-14-8-12-19(16-21)25(29)23-24(18-10-6-5-7-11-18)28(27(31)26(23)30)20-13-9-15-22(17-20)33-4-2/h5-17,24,29H,3-4H2,1-2H3/b25-23+. The lowest BCUT2D eigenvalue weighted by molar-refractivity contribution is -0.132. The third kappa shape index (κ3) is 4.32. The number of carbonyl (C=O) groups excluding carboxylic acids is 2. The molecule has 1 saturated heterocycles. The van der Waals surface area contributed by atoms with Gasteiger partial charge in [-0.05, 0) is 43.7 Å². The number of benzene rings is 3. The van der Waals surface area contributed by atoms with E-state index in [0.717, 1.165) is 0 Å². The Labute approximate surface area is 192 Å². The Bertz CT molecular complexity index is 1200. The van der Waals surface area contributed by atoms with E-state index in [4.69, 9.17) is 9.47 Å². The van der Waals surface area contributed by atoms with Gasteiger partial charge in [-0.2, -0.15) is 0 Å². The highest BCUT2D eigenvalue weighted by Crippen LogP contribution is 2.42. The molecule has 1 aliphatic rings. The van der Waals surface area contributed by atoms with Crippen molar-refractivity contribution >= 4 is 23.1 Å². The van der Waals surface area contributed by atoms with Crippen molar-refractivity contribution in [1.29, 1.82) is 0 Å². The summed E-state index contributed by atoms with van der Waals surface area (Å²) in [5.41, 5.74) is 1.66. The van der Waals surface area contributed by atoms with Crippen LogP contribution in [0.5, 0.6) is 11.5 Å². The first-order chi connectivity index (χ1) is 16.0. The number of amides is 1. The molecule has 3 aromatic carbocycles. The van der Waals surface area contributed by atoms with Crippen LogP contribution in [0.15, 0.2) is 84.4 Å². The monoisotopic (exact) mass is 443 g/mol. The SMILES string of the molecule is CCOc1cccc(/C(O)=C2\C(=O)C(=O)N(c3cccc(OCC)c3)C2c2ccccc2)c1. The Morgan fingerprint density at radius 3 is 2.15 bits per heavy atom. The number of nitrogens with zero attached hydrogens (tertiary/aromatic N) is 1. The molecule has 1 atom stereocenters. The van der Waals surface area contributed by atoms with Gasteiger partial charge < -0.3 is 14.6 Å². The molecule has 0 saturated carbocycles. The molecule has 1 unspecified atom stereocenters. The summed E-state index contributed by atoms with van der Waals surface area (Å²) in [6.07, 6.45) is 0. The molecule has 1 aliphatic heterocycles. The van der Waals surface area contributed by atoms with Crippen molar-refractivity contribution in [3.05, 3.63) is 95.6 Å². The van der Waals surface area contributed by atoms with Gasteiger partial charge in [-0.25, -0.2) is 0 Å². The first-order valence-corrected chi connectivity index (χ1v) is 10.9. The average Bonchev–Trinajstić information content (AvgIpc) is 3.10. The number of Topliss-reactive ketones (excluding diaryl/α,β-unsaturated/α-hetero) is 1. The molecule has 0 radical (unpaired) electrons. The molecule has 33 heavy (non-hydrogen) atoms. The van der Waals surface area contributed by atoms with Crippen LogP contribution in [-0.4, -0.2) is 30.0 Å². The summed E-state index contributed by atoms with van der Waals surface area (Å²) in [5, 5.41) is 11.2. The molecule has 4 rings (SSSR count). The minimum absolute atomic E-state index is 0.0293. The Kier molecular flexibility index (Phi) is 6.45. The Hall–Kier alpha value is -4.06. The maximum atomic E-state index is 13.2. The van der Waals surface area contributed by atoms with Crippen LogP contribution in [0.4, 0.5) is 5.69 Å². The maximum Gasteiger partial charge on any atom is 0.300 e. The normalized spacial score (nSPS) is 17.3. The van der Waals surface area contributed by atoms with Gasteiger partial charge in [-0.3, -0.25) is 14.5 Å². The van der Waals surface area contributed by atoms with E-state index in [1.54, 1.807) is 48.5 Å². The molecule has 1 fully saturated rings. The molecule has 1 amide bonds. The minimum Gasteiger partial charge on any atom is -0.507 e. The van der Waals surface area contributed by atoms with Crippen LogP contribution >= 0.6 is 0 Å². The second kappa shape index (κ2) is 9.61. The number of ether oxygens (including phenoxy) is 2. The van der Waals surface area contributed by atoms with Crippen molar-refractivity contribution in [3.63, 3.8) is 0 Å². The molecule has 168 valence electrons. The van der Waals surface area contributed by atoms with Crippen molar-refractivity contribution in [2.75, 3.05) is 18.1 Å². The van der Waals surface area contributed by atoms with Crippen molar-refractivity contribution in [2.45, 2.75) is 19.9 Å². The predicted octanol–water partition coefficient (Wildman–Crippen LogP) is 5.11. The van der Waals surface area contributed by atoms with E-state index in [0.29, 0.717) is 41.5 Å². The van der Waals surface area contributed by atoms with E-state index in [1.165, 1.54) is 4.90 Å². The van der Waals surface area contributed by atoms with Crippen LogP contribution in [0.1, 0.15) is 31.0 Å². The predicted molar refractivity (Wildman–Crippen MR) is 126 cm³/mol. The fourth-order valence-corrected chi connectivity index (χ4v) is 3.99. The topological polar surface area (TPSA) is 76.1 Å². The molecular formula is C27H25NO5. The third-order valence-electron chi connectivity index (χ3n) is 5.39. The number of ketones is 1. The largest absolute Gasteiger partial charge is 0.507 e. The van der Waals surface area contributed by atoms with E-state index < -0.39 is 17.7 Å². The van der Waals surface area contributed by atoms with E-state index in [-0.39, 0.29) is 11.3 Å². The summed E-state index contributed by atoms with van der Waals surface area (Å²) in [5.74, 6) is -0.540. The number of hydrogen-bond acceptors (Lipinski definition) is 5. The average molecular weight is 443 g/mol. The summed E-state index contributed by atoms with van der Waals surface area (Å²) in [4.78, 5) is 27.9. The molecule has 3 aromatic rings. The molecule has 1 N–H and O–H groups in total. The van der Waals surface area contributed by atoms with Gasteiger partial charge >= 0.3 is 0 Å². The van der Waals surface area contributed by atoms with Crippen LogP contribution in [0.25, 0.3) is 5.76 Å². The molecule has 0 aliphatic carbocycles.